The van der Waals surface area contributed by atoms with Gasteiger partial charge in [0.1, 0.15) is 0 Å². The Morgan fingerprint density at radius 3 is 2.45 bits per heavy atom. The van der Waals surface area contributed by atoms with E-state index in [1.165, 1.54) is 16.7 Å². The van der Waals surface area contributed by atoms with E-state index in [1.54, 1.807) is 0 Å². The highest BCUT2D eigenvalue weighted by molar-refractivity contribution is 5.78. The molecule has 1 amide bonds. The summed E-state index contributed by atoms with van der Waals surface area (Å²) in [5.74, 6) is 0.116. The van der Waals surface area contributed by atoms with Crippen molar-refractivity contribution in [2.75, 3.05) is 39.3 Å². The Hall–Kier alpha value is -2.96. The molecule has 3 aromatic rings. The van der Waals surface area contributed by atoms with Crippen LogP contribution in [0.15, 0.2) is 66.9 Å². The van der Waals surface area contributed by atoms with Crippen molar-refractivity contribution in [3.05, 3.63) is 78.0 Å². The van der Waals surface area contributed by atoms with Crippen molar-refractivity contribution >= 4 is 5.91 Å². The number of carbonyl (C=O) groups excluding carboxylic acids is 1. The summed E-state index contributed by atoms with van der Waals surface area (Å²) < 4.78 is 0. The topological polar surface area (TPSA) is 64.3 Å². The second kappa shape index (κ2) is 10.9. The van der Waals surface area contributed by atoms with Crippen molar-refractivity contribution in [3.8, 4) is 11.3 Å². The number of hydrogen-bond acceptors (Lipinski definition) is 4. The quantitative estimate of drug-likeness (QED) is 0.592. The molecule has 1 fully saturated rings. The van der Waals surface area contributed by atoms with E-state index in [0.717, 1.165) is 51.3 Å². The second-order valence-electron chi connectivity index (χ2n) is 8.13. The standard InChI is InChI=1S/C25H31N5O/c31-24(26-13-12-21-8-3-1-4-9-21)20-30-15-7-14-29(16-17-30)19-23-18-27-28-25(23)22-10-5-2-6-11-22/h1-6,8-11,18H,7,12-17,19-20H2,(H,26,31)(H,27,28). The molecule has 0 atom stereocenters. The average Bonchev–Trinajstić information content (AvgIpc) is 3.15. The number of H-pyrrole nitrogens is 1. The molecule has 2 heterocycles. The van der Waals surface area contributed by atoms with Gasteiger partial charge in [0.15, 0.2) is 0 Å². The van der Waals surface area contributed by atoms with Crippen molar-refractivity contribution in [1.29, 1.82) is 0 Å². The molecule has 0 saturated carbocycles. The van der Waals surface area contributed by atoms with E-state index in [4.69, 9.17) is 0 Å². The van der Waals surface area contributed by atoms with Crippen LogP contribution in [0.3, 0.4) is 0 Å². The molecule has 1 aliphatic rings. The van der Waals surface area contributed by atoms with E-state index in [9.17, 15) is 4.79 Å². The smallest absolute Gasteiger partial charge is 0.234 e. The highest BCUT2D eigenvalue weighted by Gasteiger charge is 2.19. The molecule has 0 bridgehead atoms. The van der Waals surface area contributed by atoms with Crippen LogP contribution in [0, 0.1) is 0 Å². The molecule has 2 N–H and O–H groups in total. The molecule has 1 aromatic heterocycles. The van der Waals surface area contributed by atoms with Crippen molar-refractivity contribution in [3.63, 3.8) is 0 Å². The molecule has 1 saturated heterocycles. The maximum atomic E-state index is 12.4. The van der Waals surface area contributed by atoms with E-state index >= 15 is 0 Å². The van der Waals surface area contributed by atoms with Gasteiger partial charge >= 0.3 is 0 Å². The molecule has 6 nitrogen and oxygen atoms in total. The number of nitrogens with one attached hydrogen (secondary N) is 2. The number of benzene rings is 2. The fourth-order valence-corrected chi connectivity index (χ4v) is 4.12. The Bertz CT molecular complexity index is 941. The lowest BCUT2D eigenvalue weighted by atomic mass is 10.1. The lowest BCUT2D eigenvalue weighted by Gasteiger charge is -2.21. The molecule has 0 radical (unpaired) electrons. The first kappa shape index (κ1) is 21.3. The number of carbonyl (C=O) groups is 1. The van der Waals surface area contributed by atoms with Gasteiger partial charge in [-0.3, -0.25) is 19.7 Å². The van der Waals surface area contributed by atoms with E-state index in [0.29, 0.717) is 13.1 Å². The van der Waals surface area contributed by atoms with Crippen LogP contribution in [0.1, 0.15) is 17.5 Å². The van der Waals surface area contributed by atoms with Crippen molar-refractivity contribution in [1.82, 2.24) is 25.3 Å². The first-order chi connectivity index (χ1) is 15.3. The Balaban J connectivity index is 1.23. The van der Waals surface area contributed by atoms with Crippen molar-refractivity contribution in [2.24, 2.45) is 0 Å². The Kier molecular flexibility index (Phi) is 7.47. The van der Waals surface area contributed by atoms with Gasteiger partial charge in [0, 0.05) is 31.7 Å². The molecule has 31 heavy (non-hydrogen) atoms. The van der Waals surface area contributed by atoms with Gasteiger partial charge in [0.25, 0.3) is 0 Å². The Morgan fingerprint density at radius 1 is 0.935 bits per heavy atom. The van der Waals surface area contributed by atoms with Gasteiger partial charge in [-0.1, -0.05) is 60.7 Å². The highest BCUT2D eigenvalue weighted by atomic mass is 16.2. The van der Waals surface area contributed by atoms with Crippen LogP contribution in [0.4, 0.5) is 0 Å². The lowest BCUT2D eigenvalue weighted by Crippen LogP contribution is -2.39. The molecular weight excluding hydrogens is 386 g/mol. The Morgan fingerprint density at radius 2 is 1.65 bits per heavy atom. The summed E-state index contributed by atoms with van der Waals surface area (Å²) in [6.45, 7) is 5.89. The first-order valence-electron chi connectivity index (χ1n) is 11.1. The molecule has 2 aromatic carbocycles. The summed E-state index contributed by atoms with van der Waals surface area (Å²) in [5, 5.41) is 10.5. The van der Waals surface area contributed by atoms with Crippen LogP contribution >= 0.6 is 0 Å². The molecule has 0 unspecified atom stereocenters. The minimum Gasteiger partial charge on any atom is -0.355 e. The number of hydrogen-bond donors (Lipinski definition) is 2. The second-order valence-corrected chi connectivity index (χ2v) is 8.13. The molecule has 0 aliphatic carbocycles. The zero-order chi connectivity index (χ0) is 21.3. The van der Waals surface area contributed by atoms with Gasteiger partial charge in [0.2, 0.25) is 5.91 Å². The van der Waals surface area contributed by atoms with Crippen LogP contribution < -0.4 is 5.32 Å². The molecule has 162 valence electrons. The summed E-state index contributed by atoms with van der Waals surface area (Å²) in [7, 11) is 0. The fourth-order valence-electron chi connectivity index (χ4n) is 4.12. The van der Waals surface area contributed by atoms with Crippen LogP contribution in [0.25, 0.3) is 11.3 Å². The number of aromatic nitrogens is 2. The summed E-state index contributed by atoms with van der Waals surface area (Å²) in [5.41, 5.74) is 4.73. The van der Waals surface area contributed by atoms with Gasteiger partial charge in [0.05, 0.1) is 18.4 Å². The third-order valence-corrected chi connectivity index (χ3v) is 5.80. The number of rotatable bonds is 8. The normalized spacial score (nSPS) is 15.5. The predicted octanol–water partition coefficient (Wildman–Crippen LogP) is 2.94. The number of aromatic amines is 1. The summed E-state index contributed by atoms with van der Waals surface area (Å²) in [6.07, 6.45) is 3.87. The molecule has 4 rings (SSSR count). The van der Waals surface area contributed by atoms with Gasteiger partial charge in [-0.05, 0) is 37.1 Å². The van der Waals surface area contributed by atoms with Crippen LogP contribution in [0.2, 0.25) is 0 Å². The average molecular weight is 418 g/mol. The number of nitrogens with zero attached hydrogens (tertiary/aromatic N) is 3. The maximum absolute atomic E-state index is 12.4. The first-order valence-corrected chi connectivity index (χ1v) is 11.1. The molecule has 1 aliphatic heterocycles. The van der Waals surface area contributed by atoms with Crippen LogP contribution in [-0.4, -0.2) is 65.2 Å². The van der Waals surface area contributed by atoms with Gasteiger partial charge < -0.3 is 5.32 Å². The zero-order valence-corrected chi connectivity index (χ0v) is 18.0. The predicted molar refractivity (Wildman–Crippen MR) is 124 cm³/mol. The monoisotopic (exact) mass is 417 g/mol. The minimum absolute atomic E-state index is 0.116. The highest BCUT2D eigenvalue weighted by Crippen LogP contribution is 2.22. The van der Waals surface area contributed by atoms with Gasteiger partial charge in [-0.2, -0.15) is 5.10 Å². The third kappa shape index (κ3) is 6.26. The molecule has 0 spiro atoms. The number of amides is 1. The Labute approximate surface area is 184 Å². The van der Waals surface area contributed by atoms with Crippen molar-refractivity contribution in [2.45, 2.75) is 19.4 Å². The van der Waals surface area contributed by atoms with Gasteiger partial charge in [-0.25, -0.2) is 0 Å². The zero-order valence-electron chi connectivity index (χ0n) is 18.0. The largest absolute Gasteiger partial charge is 0.355 e. The fraction of sp³-hybridized carbons (Fsp3) is 0.360. The van der Waals surface area contributed by atoms with Gasteiger partial charge in [-0.15, -0.1) is 0 Å². The van der Waals surface area contributed by atoms with Crippen molar-refractivity contribution < 1.29 is 4.79 Å². The lowest BCUT2D eigenvalue weighted by molar-refractivity contribution is -0.122. The van der Waals surface area contributed by atoms with E-state index in [-0.39, 0.29) is 5.91 Å². The van der Waals surface area contributed by atoms with Crippen LogP contribution in [0.5, 0.6) is 0 Å². The van der Waals surface area contributed by atoms with E-state index in [1.807, 2.05) is 30.5 Å². The summed E-state index contributed by atoms with van der Waals surface area (Å²) in [6, 6.07) is 20.6. The summed E-state index contributed by atoms with van der Waals surface area (Å²) in [4.78, 5) is 17.1. The van der Waals surface area contributed by atoms with E-state index < -0.39 is 0 Å². The van der Waals surface area contributed by atoms with E-state index in [2.05, 4.69) is 61.7 Å². The van der Waals surface area contributed by atoms with Crippen LogP contribution in [-0.2, 0) is 17.8 Å². The third-order valence-electron chi connectivity index (χ3n) is 5.80. The minimum atomic E-state index is 0.116. The SMILES string of the molecule is O=C(CN1CCCN(Cc2cn[nH]c2-c2ccccc2)CC1)NCCc1ccccc1. The maximum Gasteiger partial charge on any atom is 0.234 e. The molecular formula is C25H31N5O. The summed E-state index contributed by atoms with van der Waals surface area (Å²) >= 11 is 0. The molecule has 6 heteroatoms.